The topological polar surface area (TPSA) is 98.1 Å². The summed E-state index contributed by atoms with van der Waals surface area (Å²) in [4.78, 5) is 24.3. The van der Waals surface area contributed by atoms with Gasteiger partial charge in [0.1, 0.15) is 6.54 Å². The first-order valence-electron chi connectivity index (χ1n) is 8.98. The zero-order valence-corrected chi connectivity index (χ0v) is 16.9. The van der Waals surface area contributed by atoms with E-state index < -0.39 is 21.3 Å². The standard InChI is InChI=1S/C21H21N3O4S/c1-15-3-7-17(8-4-15)13-22-19(25)14-24-21(26)12-11-20(23-24)29(27,28)18-9-5-16(2)6-10-18/h3-12H,13-14H2,1-2H3,(H,22,25). The van der Waals surface area contributed by atoms with E-state index in [2.05, 4.69) is 10.4 Å². The zero-order valence-electron chi connectivity index (χ0n) is 16.1. The molecule has 0 saturated carbocycles. The van der Waals surface area contributed by atoms with E-state index in [4.69, 9.17) is 0 Å². The van der Waals surface area contributed by atoms with Gasteiger partial charge in [0.05, 0.1) is 4.90 Å². The summed E-state index contributed by atoms with van der Waals surface area (Å²) in [7, 11) is -3.89. The maximum atomic E-state index is 12.8. The quantitative estimate of drug-likeness (QED) is 0.669. The number of carbonyl (C=O) groups is 1. The minimum Gasteiger partial charge on any atom is -0.350 e. The molecule has 29 heavy (non-hydrogen) atoms. The highest BCUT2D eigenvalue weighted by atomic mass is 32.2. The van der Waals surface area contributed by atoms with Gasteiger partial charge in [-0.25, -0.2) is 13.1 Å². The molecule has 150 valence electrons. The third kappa shape index (κ3) is 4.97. The summed E-state index contributed by atoms with van der Waals surface area (Å²) >= 11 is 0. The summed E-state index contributed by atoms with van der Waals surface area (Å²) in [5, 5.41) is 6.32. The Hall–Kier alpha value is -3.26. The summed E-state index contributed by atoms with van der Waals surface area (Å²) in [6, 6.07) is 16.2. The predicted molar refractivity (Wildman–Crippen MR) is 108 cm³/mol. The molecular weight excluding hydrogens is 390 g/mol. The van der Waals surface area contributed by atoms with E-state index in [0.29, 0.717) is 6.54 Å². The maximum Gasteiger partial charge on any atom is 0.267 e. The second-order valence-electron chi connectivity index (χ2n) is 6.75. The fourth-order valence-electron chi connectivity index (χ4n) is 2.62. The molecular formula is C21H21N3O4S. The lowest BCUT2D eigenvalue weighted by molar-refractivity contribution is -0.122. The predicted octanol–water partition coefficient (Wildman–Crippen LogP) is 2.01. The first-order valence-corrected chi connectivity index (χ1v) is 10.5. The molecule has 0 bridgehead atoms. The van der Waals surface area contributed by atoms with Crippen LogP contribution >= 0.6 is 0 Å². The molecule has 0 saturated heterocycles. The monoisotopic (exact) mass is 411 g/mol. The molecule has 1 aromatic heterocycles. The van der Waals surface area contributed by atoms with Gasteiger partial charge in [0.2, 0.25) is 15.7 Å². The minimum atomic E-state index is -3.89. The van der Waals surface area contributed by atoms with Crippen molar-refractivity contribution in [2.45, 2.75) is 36.9 Å². The lowest BCUT2D eigenvalue weighted by Crippen LogP contribution is -2.33. The van der Waals surface area contributed by atoms with Crippen LogP contribution in [0.5, 0.6) is 0 Å². The number of hydrogen-bond acceptors (Lipinski definition) is 5. The first kappa shape index (κ1) is 20.5. The lowest BCUT2D eigenvalue weighted by Gasteiger charge is -2.09. The summed E-state index contributed by atoms with van der Waals surface area (Å²) in [5.74, 6) is -0.440. The lowest BCUT2D eigenvalue weighted by atomic mass is 10.1. The van der Waals surface area contributed by atoms with Crippen LogP contribution in [0.1, 0.15) is 16.7 Å². The fraction of sp³-hybridized carbons (Fsp3) is 0.190. The van der Waals surface area contributed by atoms with Gasteiger partial charge in [-0.2, -0.15) is 5.10 Å². The van der Waals surface area contributed by atoms with E-state index in [1.54, 1.807) is 12.1 Å². The molecule has 0 atom stereocenters. The minimum absolute atomic E-state index is 0.0737. The Labute approximate surface area is 168 Å². The van der Waals surface area contributed by atoms with Gasteiger partial charge in [0.15, 0.2) is 5.03 Å². The number of benzene rings is 2. The maximum absolute atomic E-state index is 12.8. The number of rotatable bonds is 6. The van der Waals surface area contributed by atoms with Crippen molar-refractivity contribution < 1.29 is 13.2 Å². The van der Waals surface area contributed by atoms with E-state index in [1.165, 1.54) is 12.1 Å². The van der Waals surface area contributed by atoms with Crippen molar-refractivity contribution in [3.8, 4) is 0 Å². The van der Waals surface area contributed by atoms with Crippen molar-refractivity contribution in [2.75, 3.05) is 0 Å². The molecule has 3 aromatic rings. The van der Waals surface area contributed by atoms with Crippen molar-refractivity contribution in [3.63, 3.8) is 0 Å². The van der Waals surface area contributed by atoms with Crippen LogP contribution in [0.3, 0.4) is 0 Å². The molecule has 7 nitrogen and oxygen atoms in total. The van der Waals surface area contributed by atoms with Crippen LogP contribution in [0.15, 0.2) is 75.4 Å². The van der Waals surface area contributed by atoms with Crippen LogP contribution in [-0.4, -0.2) is 24.1 Å². The number of nitrogens with zero attached hydrogens (tertiary/aromatic N) is 2. The highest BCUT2D eigenvalue weighted by Crippen LogP contribution is 2.18. The Balaban J connectivity index is 1.76. The third-order valence-corrected chi connectivity index (χ3v) is 6.01. The van der Waals surface area contributed by atoms with E-state index in [9.17, 15) is 18.0 Å². The summed E-state index contributed by atoms with van der Waals surface area (Å²) in [5.41, 5.74) is 2.40. The van der Waals surface area contributed by atoms with Crippen LogP contribution in [0, 0.1) is 13.8 Å². The second kappa shape index (κ2) is 8.40. The first-order chi connectivity index (χ1) is 13.8. The van der Waals surface area contributed by atoms with Gasteiger partial charge < -0.3 is 5.32 Å². The number of nitrogens with one attached hydrogen (secondary N) is 1. The number of aryl methyl sites for hydroxylation is 2. The number of aromatic nitrogens is 2. The largest absolute Gasteiger partial charge is 0.350 e. The summed E-state index contributed by atoms with van der Waals surface area (Å²) in [6.07, 6.45) is 0. The van der Waals surface area contributed by atoms with Crippen LogP contribution in [0.25, 0.3) is 0 Å². The van der Waals surface area contributed by atoms with Gasteiger partial charge in [-0.15, -0.1) is 0 Å². The Morgan fingerprint density at radius 3 is 2.14 bits per heavy atom. The second-order valence-corrected chi connectivity index (χ2v) is 8.64. The van der Waals surface area contributed by atoms with Gasteiger partial charge in [-0.1, -0.05) is 47.5 Å². The number of hydrogen-bond donors (Lipinski definition) is 1. The Morgan fingerprint density at radius 1 is 0.931 bits per heavy atom. The Kier molecular flexibility index (Phi) is 5.93. The molecule has 1 amide bonds. The van der Waals surface area contributed by atoms with E-state index >= 15 is 0 Å². The molecule has 2 aromatic carbocycles. The zero-order chi connectivity index (χ0) is 21.0. The molecule has 0 spiro atoms. The smallest absolute Gasteiger partial charge is 0.267 e. The van der Waals surface area contributed by atoms with Crippen molar-refractivity contribution in [2.24, 2.45) is 0 Å². The van der Waals surface area contributed by atoms with Gasteiger partial charge >= 0.3 is 0 Å². The molecule has 1 N–H and O–H groups in total. The van der Waals surface area contributed by atoms with Gasteiger partial charge in [0.25, 0.3) is 5.56 Å². The molecule has 8 heteroatoms. The fourth-order valence-corrected chi connectivity index (χ4v) is 3.81. The van der Waals surface area contributed by atoms with E-state index in [1.807, 2.05) is 38.1 Å². The van der Waals surface area contributed by atoms with Crippen LogP contribution in [0.4, 0.5) is 0 Å². The SMILES string of the molecule is Cc1ccc(CNC(=O)Cn2nc(S(=O)(=O)c3ccc(C)cc3)ccc2=O)cc1. The van der Waals surface area contributed by atoms with Crippen LogP contribution in [0.2, 0.25) is 0 Å². The summed E-state index contributed by atoms with van der Waals surface area (Å²) in [6.45, 7) is 3.75. The molecule has 3 rings (SSSR count). The number of carbonyl (C=O) groups excluding carboxylic acids is 1. The molecule has 0 aliphatic heterocycles. The summed E-state index contributed by atoms with van der Waals surface area (Å²) < 4.78 is 26.4. The molecule has 0 unspecified atom stereocenters. The van der Waals surface area contributed by atoms with Crippen molar-refractivity contribution in [3.05, 3.63) is 87.7 Å². The van der Waals surface area contributed by atoms with Gasteiger partial charge in [-0.05, 0) is 37.6 Å². The Bertz CT molecular complexity index is 1180. The van der Waals surface area contributed by atoms with Crippen LogP contribution < -0.4 is 10.9 Å². The van der Waals surface area contributed by atoms with Crippen molar-refractivity contribution in [1.82, 2.24) is 15.1 Å². The molecule has 0 aliphatic rings. The Morgan fingerprint density at radius 2 is 1.52 bits per heavy atom. The molecule has 0 aliphatic carbocycles. The van der Waals surface area contributed by atoms with Gasteiger partial charge in [0, 0.05) is 12.6 Å². The van der Waals surface area contributed by atoms with Crippen molar-refractivity contribution in [1.29, 1.82) is 0 Å². The third-order valence-electron chi connectivity index (χ3n) is 4.35. The average Bonchev–Trinajstić information content (AvgIpc) is 2.69. The average molecular weight is 411 g/mol. The van der Waals surface area contributed by atoms with Crippen molar-refractivity contribution >= 4 is 15.7 Å². The van der Waals surface area contributed by atoms with E-state index in [-0.39, 0.29) is 16.5 Å². The molecule has 0 fully saturated rings. The molecule has 1 heterocycles. The molecule has 0 radical (unpaired) electrons. The number of sulfone groups is 1. The normalized spacial score (nSPS) is 11.2. The highest BCUT2D eigenvalue weighted by molar-refractivity contribution is 7.91. The van der Waals surface area contributed by atoms with E-state index in [0.717, 1.165) is 33.5 Å². The van der Waals surface area contributed by atoms with Gasteiger partial charge in [-0.3, -0.25) is 9.59 Å². The van der Waals surface area contributed by atoms with Crippen LogP contribution in [-0.2, 0) is 27.7 Å². The highest BCUT2D eigenvalue weighted by Gasteiger charge is 2.20. The number of amides is 1.